The molecule has 0 amide bonds. The van der Waals surface area contributed by atoms with Gasteiger partial charge in [-0.25, -0.2) is 4.39 Å². The van der Waals surface area contributed by atoms with Crippen LogP contribution in [0.1, 0.15) is 68.1 Å². The summed E-state index contributed by atoms with van der Waals surface area (Å²) in [5.74, 6) is 2.81. The summed E-state index contributed by atoms with van der Waals surface area (Å²) >= 11 is 0. The Bertz CT molecular complexity index is 4850. The number of anilines is 6. The quantitative estimate of drug-likeness (QED) is 0.0709. The van der Waals surface area contributed by atoms with Crippen LogP contribution in [0, 0.1) is 19.7 Å². The molecule has 0 spiro atoms. The number of halogens is 1. The molecule has 460 valence electrons. The van der Waals surface area contributed by atoms with Crippen LogP contribution < -0.4 is 28.7 Å². The zero-order valence-electron chi connectivity index (χ0n) is 53.5. The largest absolute Gasteiger partial charge is 0.497 e. The van der Waals surface area contributed by atoms with Gasteiger partial charge in [0.25, 0.3) is 0 Å². The van der Waals surface area contributed by atoms with E-state index in [-0.39, 0.29) is 5.82 Å². The second kappa shape index (κ2) is 25.0. The van der Waals surface area contributed by atoms with E-state index in [9.17, 15) is 0 Å². The number of allylic oxidation sites excluding steroid dienone is 1. The van der Waals surface area contributed by atoms with Gasteiger partial charge in [0.05, 0.1) is 25.0 Å². The van der Waals surface area contributed by atoms with E-state index < -0.39 is 10.8 Å². The molecule has 7 heteroatoms. The number of ether oxygens (including phenoxy) is 4. The van der Waals surface area contributed by atoms with E-state index in [1.54, 1.807) is 39.4 Å². The van der Waals surface area contributed by atoms with Gasteiger partial charge in [0, 0.05) is 34.1 Å². The van der Waals surface area contributed by atoms with Gasteiger partial charge < -0.3 is 28.7 Å². The molecule has 0 N–H and O–H groups in total. The maximum atomic E-state index is 16.1. The molecule has 2 aliphatic rings. The third-order valence-electron chi connectivity index (χ3n) is 18.9. The third kappa shape index (κ3) is 10.3. The van der Waals surface area contributed by atoms with Crippen molar-refractivity contribution >= 4 is 39.7 Å². The molecule has 2 unspecified atom stereocenters. The van der Waals surface area contributed by atoms with E-state index in [1.807, 2.05) is 36.4 Å². The fraction of sp³-hybridized carbons (Fsp3) is 0.103. The number of fused-ring (bicyclic) bond motifs is 6. The summed E-state index contributed by atoms with van der Waals surface area (Å²) in [4.78, 5) is 4.52. The number of benzene rings is 12. The molecule has 0 aliphatic heterocycles. The molecule has 6 nitrogen and oxygen atoms in total. The van der Waals surface area contributed by atoms with Crippen molar-refractivity contribution in [2.75, 3.05) is 37.2 Å². The number of methoxy groups -OCH3 is 2. The van der Waals surface area contributed by atoms with Crippen molar-refractivity contribution in [3.63, 3.8) is 0 Å². The van der Waals surface area contributed by atoms with Crippen LogP contribution in [-0.4, -0.2) is 27.4 Å². The van der Waals surface area contributed by atoms with Gasteiger partial charge in [0.2, 0.25) is 0 Å². The SMILES string of the molecule is C=CCOc1ccc(C2(c3ccc(OC)cc3)c3ccccc3-c3ccc(N(c4ccc(-c5ccc(N(c6ccc(C)c(C(=C)C)c6)c6ccc7c(c6)C(c6ccc(OC)cc6)(c6ccc(OCC=C)cc6)c6ccccc6-7)cc5)cc4)c4ccc(C)c(F)c4)cc32)cc1. The van der Waals surface area contributed by atoms with Crippen molar-refractivity contribution in [1.82, 2.24) is 0 Å². The average Bonchev–Trinajstić information content (AvgIpc) is 1.54. The van der Waals surface area contributed by atoms with Crippen LogP contribution in [-0.2, 0) is 10.8 Å². The highest BCUT2D eigenvalue weighted by Gasteiger charge is 2.48. The van der Waals surface area contributed by atoms with Gasteiger partial charge in [0.15, 0.2) is 0 Å². The van der Waals surface area contributed by atoms with Crippen molar-refractivity contribution in [3.05, 3.63) is 366 Å². The zero-order chi connectivity index (χ0) is 64.7. The van der Waals surface area contributed by atoms with Gasteiger partial charge in [-0.2, -0.15) is 0 Å². The zero-order valence-corrected chi connectivity index (χ0v) is 53.5. The standard InChI is InChI=1S/C87H71FN2O4/c1-9-51-93-74-45-29-64(30-46-74)86(62-25-41-72(91-7)42-26-62)81-17-13-11-15-76(81)78-49-39-69(54-83(78)86)89(68-33-19-58(5)80(53-68)57(3)4)66-35-21-60(22-36-66)61-23-37-67(38-24-61)90(71-34-20-59(6)85(88)56-71)70-40-50-79-77-16-12-14-18-82(77)87(84(79)55-70,63-27-43-73(92-8)44-28-63)65-31-47-75(48-32-65)94-52-10-2/h9-50,53-56H,1-3,51-52H2,4-8H3. The van der Waals surface area contributed by atoms with Gasteiger partial charge in [-0.1, -0.05) is 183 Å². The summed E-state index contributed by atoms with van der Waals surface area (Å²) in [6.07, 6.45) is 3.52. The average molecular weight is 1230 g/mol. The van der Waals surface area contributed by atoms with Gasteiger partial charge in [0.1, 0.15) is 42.0 Å². The molecule has 0 saturated heterocycles. The molecular formula is C87H71FN2O4. The van der Waals surface area contributed by atoms with Crippen molar-refractivity contribution in [1.29, 1.82) is 0 Å². The van der Waals surface area contributed by atoms with Gasteiger partial charge in [-0.15, -0.1) is 0 Å². The van der Waals surface area contributed by atoms with Gasteiger partial charge in [-0.3, -0.25) is 0 Å². The molecule has 94 heavy (non-hydrogen) atoms. The van der Waals surface area contributed by atoms with Crippen LogP contribution in [0.15, 0.2) is 299 Å². The molecule has 0 heterocycles. The van der Waals surface area contributed by atoms with E-state index in [0.29, 0.717) is 24.5 Å². The van der Waals surface area contributed by atoms with Crippen LogP contribution in [0.4, 0.5) is 38.5 Å². The molecule has 14 rings (SSSR count). The van der Waals surface area contributed by atoms with E-state index in [2.05, 4.69) is 268 Å². The Morgan fingerprint density at radius 3 is 1.11 bits per heavy atom. The summed E-state index contributed by atoms with van der Waals surface area (Å²) in [5.41, 5.74) is 23.5. The number of hydrogen-bond acceptors (Lipinski definition) is 6. The van der Waals surface area contributed by atoms with Crippen molar-refractivity contribution < 1.29 is 23.3 Å². The third-order valence-corrected chi connectivity index (χ3v) is 18.9. The summed E-state index contributed by atoms with van der Waals surface area (Å²) in [5, 5.41) is 0. The van der Waals surface area contributed by atoms with E-state index in [4.69, 9.17) is 18.9 Å². The highest BCUT2D eigenvalue weighted by atomic mass is 19.1. The fourth-order valence-electron chi connectivity index (χ4n) is 14.4. The first-order chi connectivity index (χ1) is 46.0. The van der Waals surface area contributed by atoms with Crippen LogP contribution in [0.3, 0.4) is 0 Å². The molecule has 12 aromatic carbocycles. The lowest BCUT2D eigenvalue weighted by Crippen LogP contribution is -2.28. The topological polar surface area (TPSA) is 43.4 Å². The van der Waals surface area contributed by atoms with E-state index in [1.165, 1.54) is 16.7 Å². The molecule has 12 aromatic rings. The minimum Gasteiger partial charge on any atom is -0.497 e. The molecule has 0 radical (unpaired) electrons. The van der Waals surface area contributed by atoms with Gasteiger partial charge in [-0.05, 0) is 237 Å². The normalized spacial score (nSPS) is 14.8. The Hall–Kier alpha value is -11.4. The van der Waals surface area contributed by atoms with Crippen LogP contribution in [0.5, 0.6) is 23.0 Å². The highest BCUT2D eigenvalue weighted by Crippen LogP contribution is 2.60. The molecule has 0 aromatic heterocycles. The first-order valence-corrected chi connectivity index (χ1v) is 31.8. The molecular weight excluding hydrogens is 1160 g/mol. The van der Waals surface area contributed by atoms with E-state index in [0.717, 1.165) is 129 Å². The predicted octanol–water partition coefficient (Wildman–Crippen LogP) is 22.0. The first kappa shape index (κ1) is 60.2. The summed E-state index contributed by atoms with van der Waals surface area (Å²) < 4.78 is 39.6. The second-order valence-corrected chi connectivity index (χ2v) is 24.2. The number of aryl methyl sites for hydroxylation is 2. The summed E-state index contributed by atoms with van der Waals surface area (Å²) in [6.45, 7) is 19.0. The Balaban J connectivity index is 0.874. The molecule has 0 saturated carbocycles. The number of hydrogen-bond donors (Lipinski definition) is 0. The second-order valence-electron chi connectivity index (χ2n) is 24.2. The predicted molar refractivity (Wildman–Crippen MR) is 384 cm³/mol. The molecule has 0 bridgehead atoms. The Kier molecular flexibility index (Phi) is 16.0. The summed E-state index contributed by atoms with van der Waals surface area (Å²) in [7, 11) is 3.40. The summed E-state index contributed by atoms with van der Waals surface area (Å²) in [6, 6.07) is 94.5. The fourth-order valence-corrected chi connectivity index (χ4v) is 14.4. The van der Waals surface area contributed by atoms with Crippen molar-refractivity contribution in [2.24, 2.45) is 0 Å². The van der Waals surface area contributed by atoms with Crippen LogP contribution >= 0.6 is 0 Å². The number of rotatable bonds is 20. The molecule has 2 atom stereocenters. The first-order valence-electron chi connectivity index (χ1n) is 31.8. The van der Waals surface area contributed by atoms with Crippen LogP contribution in [0.25, 0.3) is 39.0 Å². The van der Waals surface area contributed by atoms with E-state index >= 15 is 4.39 Å². The lowest BCUT2D eigenvalue weighted by molar-refractivity contribution is 0.363. The van der Waals surface area contributed by atoms with Crippen LogP contribution in [0.2, 0.25) is 0 Å². The lowest BCUT2D eigenvalue weighted by atomic mass is 9.67. The molecule has 2 aliphatic carbocycles. The smallest absolute Gasteiger partial charge is 0.128 e. The minimum absolute atomic E-state index is 0.281. The minimum atomic E-state index is -0.754. The van der Waals surface area contributed by atoms with Crippen molar-refractivity contribution in [3.8, 4) is 56.4 Å². The molecule has 0 fully saturated rings. The highest BCUT2D eigenvalue weighted by molar-refractivity contribution is 5.92. The lowest BCUT2D eigenvalue weighted by Gasteiger charge is -2.35. The Morgan fingerprint density at radius 1 is 0.383 bits per heavy atom. The number of nitrogens with zero attached hydrogens (tertiary/aromatic N) is 2. The van der Waals surface area contributed by atoms with Crippen molar-refractivity contribution in [2.45, 2.75) is 31.6 Å². The maximum absolute atomic E-state index is 16.1. The Morgan fingerprint density at radius 2 is 0.723 bits per heavy atom. The Labute approximate surface area is 551 Å². The maximum Gasteiger partial charge on any atom is 0.128 e. The monoisotopic (exact) mass is 1230 g/mol. The van der Waals surface area contributed by atoms with Gasteiger partial charge >= 0.3 is 0 Å².